The molecule has 0 saturated carbocycles. The number of nitrogens with two attached hydrogens (primary N) is 1. The highest BCUT2D eigenvalue weighted by Crippen LogP contribution is 2.11. The third kappa shape index (κ3) is 6.50. The molecule has 7 nitrogen and oxygen atoms in total. The number of aromatic nitrogens is 3. The van der Waals surface area contributed by atoms with Crippen molar-refractivity contribution in [2.45, 2.75) is 26.6 Å². The number of nitrogens with zero attached hydrogens (tertiary/aromatic N) is 5. The summed E-state index contributed by atoms with van der Waals surface area (Å²) in [4.78, 5) is 17.5. The average Bonchev–Trinajstić information content (AvgIpc) is 3.19. The second kappa shape index (κ2) is 11.4. The summed E-state index contributed by atoms with van der Waals surface area (Å²) in [6.45, 7) is 9.33. The van der Waals surface area contributed by atoms with E-state index in [0.717, 1.165) is 56.0 Å². The van der Waals surface area contributed by atoms with Gasteiger partial charge in [0.1, 0.15) is 12.1 Å². The van der Waals surface area contributed by atoms with Crippen LogP contribution in [0.3, 0.4) is 0 Å². The number of benzene rings is 2. The van der Waals surface area contributed by atoms with Crippen LogP contribution in [-0.4, -0.2) is 63.4 Å². The highest BCUT2D eigenvalue weighted by atomic mass is 19.1. The number of hydrogen-bond donors (Lipinski definition) is 1. The molecule has 0 spiro atoms. The number of halogens is 1. The lowest BCUT2D eigenvalue weighted by Gasteiger charge is -2.34. The number of piperazine rings is 1. The molecule has 1 aliphatic heterocycles. The van der Waals surface area contributed by atoms with Crippen LogP contribution in [-0.2, 0) is 19.6 Å². The molecule has 8 heteroatoms. The van der Waals surface area contributed by atoms with Gasteiger partial charge in [-0.05, 0) is 35.7 Å². The Labute approximate surface area is 199 Å². The quantitative estimate of drug-likeness (QED) is 0.527. The molecule has 4 rings (SSSR count). The topological polar surface area (TPSA) is 72.3 Å². The van der Waals surface area contributed by atoms with Gasteiger partial charge in [-0.3, -0.25) is 14.4 Å². The molecule has 1 aromatic heterocycles. The molecule has 1 fully saturated rings. The molecular weight excluding hydrogens is 431 g/mol. The van der Waals surface area contributed by atoms with E-state index in [0.29, 0.717) is 19.6 Å². The minimum absolute atomic E-state index is 0.0805. The van der Waals surface area contributed by atoms with Crippen LogP contribution in [0.25, 0.3) is 6.08 Å². The van der Waals surface area contributed by atoms with E-state index in [9.17, 15) is 9.18 Å². The molecule has 3 aromatic rings. The fourth-order valence-electron chi connectivity index (χ4n) is 4.26. The van der Waals surface area contributed by atoms with Crippen molar-refractivity contribution >= 4 is 6.08 Å². The molecule has 0 amide bonds. The minimum Gasteiger partial charge on any atom is -0.326 e. The fourth-order valence-corrected chi connectivity index (χ4v) is 4.26. The Hall–Kier alpha value is -3.07. The largest absolute Gasteiger partial charge is 0.346 e. The summed E-state index contributed by atoms with van der Waals surface area (Å²) in [5.74, 6) is -0.211. The van der Waals surface area contributed by atoms with Crippen LogP contribution < -0.4 is 11.4 Å². The van der Waals surface area contributed by atoms with Gasteiger partial charge in [-0.15, -0.1) is 0 Å². The molecule has 34 heavy (non-hydrogen) atoms. The van der Waals surface area contributed by atoms with Gasteiger partial charge in [0.05, 0.1) is 13.1 Å². The highest BCUT2D eigenvalue weighted by molar-refractivity contribution is 5.52. The van der Waals surface area contributed by atoms with E-state index >= 15 is 0 Å². The van der Waals surface area contributed by atoms with Crippen LogP contribution in [0, 0.1) is 5.82 Å². The number of rotatable bonds is 9. The molecule has 2 aromatic carbocycles. The average molecular weight is 465 g/mol. The van der Waals surface area contributed by atoms with Crippen molar-refractivity contribution in [3.05, 3.63) is 93.4 Å². The van der Waals surface area contributed by atoms with E-state index in [1.807, 2.05) is 24.3 Å². The van der Waals surface area contributed by atoms with Gasteiger partial charge < -0.3 is 5.73 Å². The van der Waals surface area contributed by atoms with Crippen molar-refractivity contribution in [1.29, 1.82) is 0 Å². The van der Waals surface area contributed by atoms with Gasteiger partial charge in [-0.2, -0.15) is 5.10 Å². The zero-order chi connectivity index (χ0) is 23.9. The zero-order valence-electron chi connectivity index (χ0n) is 19.7. The predicted octanol–water partition coefficient (Wildman–Crippen LogP) is 2.41. The summed E-state index contributed by atoms with van der Waals surface area (Å²) in [5.41, 5.74) is 9.98. The maximum atomic E-state index is 13.1. The standard InChI is InChI=1S/C26H33FN6O/c1-21(16-22-6-8-25(27)9-7-22)18-31-12-10-30(11-13-31)14-15-33-26(34)32(20-29-33)19-24-4-2-23(17-28)3-5-24/h2-9,16,20H,10-15,17-19,28H2,1H3/b21-16+. The fraction of sp³-hybridized carbons (Fsp3) is 0.385. The van der Waals surface area contributed by atoms with E-state index in [1.54, 1.807) is 27.7 Å². The maximum absolute atomic E-state index is 13.1. The molecule has 0 aliphatic carbocycles. The van der Waals surface area contributed by atoms with Crippen LogP contribution in [0.15, 0.2) is 65.2 Å². The second-order valence-corrected chi connectivity index (χ2v) is 8.95. The summed E-state index contributed by atoms with van der Waals surface area (Å²) in [6, 6.07) is 14.6. The maximum Gasteiger partial charge on any atom is 0.346 e. The smallest absolute Gasteiger partial charge is 0.326 e. The minimum atomic E-state index is -0.211. The molecule has 180 valence electrons. The first kappa shape index (κ1) is 24.1. The van der Waals surface area contributed by atoms with E-state index in [1.165, 1.54) is 17.7 Å². The summed E-state index contributed by atoms with van der Waals surface area (Å²) in [5, 5.41) is 4.31. The summed E-state index contributed by atoms with van der Waals surface area (Å²) in [6.07, 6.45) is 3.73. The van der Waals surface area contributed by atoms with Gasteiger partial charge in [0.25, 0.3) is 0 Å². The predicted molar refractivity (Wildman–Crippen MR) is 133 cm³/mol. The van der Waals surface area contributed by atoms with Crippen molar-refractivity contribution < 1.29 is 4.39 Å². The Morgan fingerprint density at radius 2 is 1.62 bits per heavy atom. The molecule has 1 saturated heterocycles. The van der Waals surface area contributed by atoms with Crippen LogP contribution in [0.4, 0.5) is 4.39 Å². The van der Waals surface area contributed by atoms with Gasteiger partial charge in [-0.1, -0.05) is 48.0 Å². The van der Waals surface area contributed by atoms with E-state index in [4.69, 9.17) is 5.73 Å². The molecule has 0 unspecified atom stereocenters. The summed E-state index contributed by atoms with van der Waals surface area (Å²) >= 11 is 0. The van der Waals surface area contributed by atoms with Gasteiger partial charge in [-0.25, -0.2) is 13.9 Å². The third-order valence-corrected chi connectivity index (χ3v) is 6.26. The van der Waals surface area contributed by atoms with Crippen molar-refractivity contribution in [3.8, 4) is 0 Å². The first-order chi connectivity index (χ1) is 16.5. The first-order valence-corrected chi connectivity index (χ1v) is 11.8. The molecule has 0 radical (unpaired) electrons. The summed E-state index contributed by atoms with van der Waals surface area (Å²) in [7, 11) is 0. The Morgan fingerprint density at radius 3 is 2.29 bits per heavy atom. The van der Waals surface area contributed by atoms with E-state index in [-0.39, 0.29) is 11.5 Å². The Kier molecular flexibility index (Phi) is 8.05. The zero-order valence-corrected chi connectivity index (χ0v) is 19.7. The van der Waals surface area contributed by atoms with Gasteiger partial charge in [0, 0.05) is 45.8 Å². The Balaban J connectivity index is 1.22. The second-order valence-electron chi connectivity index (χ2n) is 8.95. The van der Waals surface area contributed by atoms with Crippen LogP contribution in [0.2, 0.25) is 0 Å². The lowest BCUT2D eigenvalue weighted by molar-refractivity contribution is 0.135. The van der Waals surface area contributed by atoms with Gasteiger partial charge in [0.2, 0.25) is 0 Å². The molecule has 1 aliphatic rings. The van der Waals surface area contributed by atoms with Crippen LogP contribution >= 0.6 is 0 Å². The van der Waals surface area contributed by atoms with Gasteiger partial charge in [0.15, 0.2) is 0 Å². The van der Waals surface area contributed by atoms with Crippen LogP contribution in [0.1, 0.15) is 23.6 Å². The number of hydrogen-bond acceptors (Lipinski definition) is 5. The normalized spacial score (nSPS) is 15.7. The van der Waals surface area contributed by atoms with Crippen LogP contribution in [0.5, 0.6) is 0 Å². The SMILES string of the molecule is C/C(=C\c1ccc(F)cc1)CN1CCN(CCn2ncn(Cc3ccc(CN)cc3)c2=O)CC1. The first-order valence-electron chi connectivity index (χ1n) is 11.8. The molecule has 2 N–H and O–H groups in total. The van der Waals surface area contributed by atoms with E-state index < -0.39 is 0 Å². The molecular formula is C26H33FN6O. The molecule has 0 bridgehead atoms. The van der Waals surface area contributed by atoms with Crippen molar-refractivity contribution in [2.24, 2.45) is 5.73 Å². The highest BCUT2D eigenvalue weighted by Gasteiger charge is 2.17. The monoisotopic (exact) mass is 464 g/mol. The Bertz CT molecular complexity index is 1140. The molecule has 2 heterocycles. The van der Waals surface area contributed by atoms with E-state index in [2.05, 4.69) is 27.9 Å². The third-order valence-electron chi connectivity index (χ3n) is 6.26. The lowest BCUT2D eigenvalue weighted by Crippen LogP contribution is -2.47. The lowest BCUT2D eigenvalue weighted by atomic mass is 10.1. The summed E-state index contributed by atoms with van der Waals surface area (Å²) < 4.78 is 16.3. The van der Waals surface area contributed by atoms with Crippen molar-refractivity contribution in [2.75, 3.05) is 39.3 Å². The van der Waals surface area contributed by atoms with Gasteiger partial charge >= 0.3 is 5.69 Å². The molecule has 0 atom stereocenters. The Morgan fingerprint density at radius 1 is 0.971 bits per heavy atom. The van der Waals surface area contributed by atoms with Crippen molar-refractivity contribution in [3.63, 3.8) is 0 Å². The van der Waals surface area contributed by atoms with Crippen molar-refractivity contribution in [1.82, 2.24) is 24.1 Å².